The largest absolute Gasteiger partial charge is 0.488 e. The second-order valence-electron chi connectivity index (χ2n) is 5.73. The Kier molecular flexibility index (Phi) is 5.51. The molecule has 0 radical (unpaired) electrons. The van der Waals surface area contributed by atoms with Crippen LogP contribution in [0.1, 0.15) is 21.5 Å². The third kappa shape index (κ3) is 4.70. The summed E-state index contributed by atoms with van der Waals surface area (Å²) in [7, 11) is 0. The van der Waals surface area contributed by atoms with E-state index in [0.29, 0.717) is 17.9 Å². The molecule has 3 aromatic carbocycles. The molecule has 0 heterocycles. The quantitative estimate of drug-likeness (QED) is 0.611. The highest BCUT2D eigenvalue weighted by atomic mass is 79.9. The van der Waals surface area contributed by atoms with Crippen molar-refractivity contribution in [1.82, 2.24) is 0 Å². The molecule has 3 nitrogen and oxygen atoms in total. The van der Waals surface area contributed by atoms with Crippen molar-refractivity contribution < 1.29 is 9.53 Å². The Morgan fingerprint density at radius 1 is 1.00 bits per heavy atom. The molecular weight excluding hydrogens is 378 g/mol. The maximum atomic E-state index is 12.7. The van der Waals surface area contributed by atoms with Crippen LogP contribution in [-0.2, 0) is 6.61 Å². The van der Waals surface area contributed by atoms with Crippen molar-refractivity contribution in [3.05, 3.63) is 94.0 Å². The van der Waals surface area contributed by atoms with Crippen LogP contribution < -0.4 is 10.1 Å². The van der Waals surface area contributed by atoms with Gasteiger partial charge in [-0.05, 0) is 42.8 Å². The van der Waals surface area contributed by atoms with Gasteiger partial charge in [0.05, 0.1) is 5.56 Å². The summed E-state index contributed by atoms with van der Waals surface area (Å²) in [6, 6.07) is 23.0. The first-order chi connectivity index (χ1) is 12.1. The number of aryl methyl sites for hydroxylation is 1. The van der Waals surface area contributed by atoms with Gasteiger partial charge in [0.2, 0.25) is 0 Å². The maximum absolute atomic E-state index is 12.7. The number of carbonyl (C=O) groups is 1. The van der Waals surface area contributed by atoms with Gasteiger partial charge < -0.3 is 10.1 Å². The molecule has 25 heavy (non-hydrogen) atoms. The Labute approximate surface area is 155 Å². The van der Waals surface area contributed by atoms with Gasteiger partial charge in [0.1, 0.15) is 12.4 Å². The molecule has 1 N–H and O–H groups in total. The zero-order chi connectivity index (χ0) is 17.6. The number of halogens is 1. The van der Waals surface area contributed by atoms with Crippen molar-refractivity contribution in [2.75, 3.05) is 5.32 Å². The highest BCUT2D eigenvalue weighted by Crippen LogP contribution is 2.25. The Bertz CT molecular complexity index is 861. The molecule has 0 spiro atoms. The summed E-state index contributed by atoms with van der Waals surface area (Å²) < 4.78 is 6.70. The van der Waals surface area contributed by atoms with Crippen LogP contribution in [0, 0.1) is 6.92 Å². The molecule has 0 aliphatic heterocycles. The van der Waals surface area contributed by atoms with Crippen LogP contribution >= 0.6 is 15.9 Å². The fourth-order valence-electron chi connectivity index (χ4n) is 2.38. The molecule has 0 unspecified atom stereocenters. The minimum Gasteiger partial charge on any atom is -0.488 e. The van der Waals surface area contributed by atoms with E-state index in [1.54, 1.807) is 12.1 Å². The number of hydrogen-bond donors (Lipinski definition) is 1. The van der Waals surface area contributed by atoms with Crippen LogP contribution in [0.5, 0.6) is 5.75 Å². The third-order valence-corrected chi connectivity index (χ3v) is 4.23. The molecule has 0 fully saturated rings. The summed E-state index contributed by atoms with van der Waals surface area (Å²) in [6.07, 6.45) is 0. The number of amides is 1. The van der Waals surface area contributed by atoms with Crippen LogP contribution in [-0.4, -0.2) is 5.91 Å². The highest BCUT2D eigenvalue weighted by molar-refractivity contribution is 9.10. The molecule has 0 bridgehead atoms. The summed E-state index contributed by atoms with van der Waals surface area (Å²) in [6.45, 7) is 2.42. The third-order valence-electron chi connectivity index (χ3n) is 3.73. The van der Waals surface area contributed by atoms with Crippen molar-refractivity contribution in [2.24, 2.45) is 0 Å². The molecule has 0 saturated heterocycles. The first-order valence-corrected chi connectivity index (χ1v) is 8.75. The summed E-state index contributed by atoms with van der Waals surface area (Å²) in [5, 5.41) is 2.91. The van der Waals surface area contributed by atoms with Gasteiger partial charge in [-0.15, -0.1) is 0 Å². The average Bonchev–Trinajstić information content (AvgIpc) is 2.63. The Morgan fingerprint density at radius 3 is 2.44 bits per heavy atom. The molecule has 0 aliphatic rings. The Balaban J connectivity index is 1.78. The lowest BCUT2D eigenvalue weighted by Gasteiger charge is -2.12. The van der Waals surface area contributed by atoms with Crippen molar-refractivity contribution in [1.29, 1.82) is 0 Å². The number of ether oxygens (including phenoxy) is 1. The van der Waals surface area contributed by atoms with Crippen molar-refractivity contribution in [3.63, 3.8) is 0 Å². The number of hydrogen-bond acceptors (Lipinski definition) is 2. The number of nitrogens with one attached hydrogen (secondary N) is 1. The van der Waals surface area contributed by atoms with E-state index < -0.39 is 0 Å². The normalized spacial score (nSPS) is 10.3. The standard InChI is InChI=1S/C21H18BrNO2/c1-15-7-10-18(11-8-15)23-21(24)19-13-17(22)9-12-20(19)25-14-16-5-3-2-4-6-16/h2-13H,14H2,1H3,(H,23,24). The van der Waals surface area contributed by atoms with E-state index in [-0.39, 0.29) is 5.91 Å². The van der Waals surface area contributed by atoms with E-state index in [1.807, 2.05) is 67.6 Å². The zero-order valence-corrected chi connectivity index (χ0v) is 15.4. The van der Waals surface area contributed by atoms with Gasteiger partial charge in [-0.1, -0.05) is 64.0 Å². The highest BCUT2D eigenvalue weighted by Gasteiger charge is 2.14. The molecule has 0 atom stereocenters. The SMILES string of the molecule is Cc1ccc(NC(=O)c2cc(Br)ccc2OCc2ccccc2)cc1. The first-order valence-electron chi connectivity index (χ1n) is 7.96. The Hall–Kier alpha value is -2.59. The summed E-state index contributed by atoms with van der Waals surface area (Å²) >= 11 is 3.42. The lowest BCUT2D eigenvalue weighted by atomic mass is 10.1. The van der Waals surface area contributed by atoms with Gasteiger partial charge in [0, 0.05) is 10.2 Å². The van der Waals surface area contributed by atoms with Gasteiger partial charge in [0.15, 0.2) is 0 Å². The first kappa shape index (κ1) is 17.2. The predicted octanol–water partition coefficient (Wildman–Crippen LogP) is 5.59. The Morgan fingerprint density at radius 2 is 1.72 bits per heavy atom. The maximum Gasteiger partial charge on any atom is 0.259 e. The lowest BCUT2D eigenvalue weighted by molar-refractivity contribution is 0.102. The van der Waals surface area contributed by atoms with Crippen molar-refractivity contribution in [2.45, 2.75) is 13.5 Å². The molecule has 0 saturated carbocycles. The fraction of sp³-hybridized carbons (Fsp3) is 0.0952. The smallest absolute Gasteiger partial charge is 0.259 e. The molecule has 1 amide bonds. The van der Waals surface area contributed by atoms with Crippen LogP contribution in [0.15, 0.2) is 77.3 Å². The van der Waals surface area contributed by atoms with Crippen molar-refractivity contribution in [3.8, 4) is 5.75 Å². The van der Waals surface area contributed by atoms with E-state index in [1.165, 1.54) is 0 Å². The molecule has 4 heteroatoms. The van der Waals surface area contributed by atoms with Gasteiger partial charge in [-0.3, -0.25) is 4.79 Å². The van der Waals surface area contributed by atoms with E-state index in [9.17, 15) is 4.79 Å². The topological polar surface area (TPSA) is 38.3 Å². The fourth-order valence-corrected chi connectivity index (χ4v) is 2.74. The van der Waals surface area contributed by atoms with Crippen LogP contribution in [0.4, 0.5) is 5.69 Å². The molecule has 3 rings (SSSR count). The molecular formula is C21H18BrNO2. The van der Waals surface area contributed by atoms with E-state index in [2.05, 4.69) is 21.2 Å². The second kappa shape index (κ2) is 7.99. The minimum absolute atomic E-state index is 0.201. The van der Waals surface area contributed by atoms with Crippen molar-refractivity contribution >= 4 is 27.5 Å². The number of rotatable bonds is 5. The van der Waals surface area contributed by atoms with Crippen LogP contribution in [0.25, 0.3) is 0 Å². The van der Waals surface area contributed by atoms with Gasteiger partial charge in [-0.25, -0.2) is 0 Å². The second-order valence-corrected chi connectivity index (χ2v) is 6.65. The molecule has 0 aromatic heterocycles. The molecule has 3 aromatic rings. The van der Waals surface area contributed by atoms with Gasteiger partial charge in [-0.2, -0.15) is 0 Å². The lowest BCUT2D eigenvalue weighted by Crippen LogP contribution is -2.13. The average molecular weight is 396 g/mol. The summed E-state index contributed by atoms with van der Waals surface area (Å²) in [5.41, 5.74) is 3.44. The number of anilines is 1. The van der Waals surface area contributed by atoms with E-state index >= 15 is 0 Å². The number of carbonyl (C=O) groups excluding carboxylic acids is 1. The minimum atomic E-state index is -0.201. The summed E-state index contributed by atoms with van der Waals surface area (Å²) in [4.78, 5) is 12.7. The predicted molar refractivity (Wildman–Crippen MR) is 104 cm³/mol. The van der Waals surface area contributed by atoms with E-state index in [4.69, 9.17) is 4.74 Å². The molecule has 0 aliphatic carbocycles. The van der Waals surface area contributed by atoms with Gasteiger partial charge >= 0.3 is 0 Å². The van der Waals surface area contributed by atoms with E-state index in [0.717, 1.165) is 21.3 Å². The van der Waals surface area contributed by atoms with Crippen LogP contribution in [0.2, 0.25) is 0 Å². The van der Waals surface area contributed by atoms with Crippen LogP contribution in [0.3, 0.4) is 0 Å². The van der Waals surface area contributed by atoms with Gasteiger partial charge in [0.25, 0.3) is 5.91 Å². The monoisotopic (exact) mass is 395 g/mol. The zero-order valence-electron chi connectivity index (χ0n) is 13.8. The summed E-state index contributed by atoms with van der Waals surface area (Å²) in [5.74, 6) is 0.352. The molecule has 126 valence electrons. The number of benzene rings is 3.